The Morgan fingerprint density at radius 1 is 1.00 bits per heavy atom. The predicted octanol–water partition coefficient (Wildman–Crippen LogP) is 4.62. The quantitative estimate of drug-likeness (QED) is 0.725. The summed E-state index contributed by atoms with van der Waals surface area (Å²) in [5, 5.41) is 6.27. The number of carbonyl (C=O) groups is 2. The fourth-order valence-electron chi connectivity index (χ4n) is 4.43. The molecule has 0 aliphatic heterocycles. The third kappa shape index (κ3) is 4.87. The van der Waals surface area contributed by atoms with Crippen molar-refractivity contribution in [1.82, 2.24) is 10.6 Å². The van der Waals surface area contributed by atoms with Gasteiger partial charge in [-0.1, -0.05) is 62.2 Å². The molecule has 29 heavy (non-hydrogen) atoms. The molecular formula is C25H30N2O2. The summed E-state index contributed by atoms with van der Waals surface area (Å²) in [7, 11) is 0. The van der Waals surface area contributed by atoms with Crippen molar-refractivity contribution in [2.45, 2.75) is 51.6 Å². The van der Waals surface area contributed by atoms with Crippen LogP contribution in [0.3, 0.4) is 0 Å². The van der Waals surface area contributed by atoms with E-state index in [1.54, 1.807) is 0 Å². The number of amides is 2. The van der Waals surface area contributed by atoms with Crippen LogP contribution >= 0.6 is 0 Å². The molecular weight excluding hydrogens is 360 g/mol. The lowest BCUT2D eigenvalue weighted by atomic mass is 10.0. The zero-order valence-corrected chi connectivity index (χ0v) is 17.1. The highest BCUT2D eigenvalue weighted by atomic mass is 16.2. The molecule has 2 fully saturated rings. The van der Waals surface area contributed by atoms with Gasteiger partial charge in [-0.05, 0) is 54.4 Å². The molecule has 2 aromatic rings. The molecule has 4 nitrogen and oxygen atoms in total. The first-order chi connectivity index (χ1) is 14.1. The maximum absolute atomic E-state index is 12.8. The van der Waals surface area contributed by atoms with Crippen molar-refractivity contribution in [1.29, 1.82) is 0 Å². The van der Waals surface area contributed by atoms with Crippen LogP contribution < -0.4 is 10.6 Å². The summed E-state index contributed by atoms with van der Waals surface area (Å²) in [6.07, 6.45) is 5.48. The molecule has 152 valence electrons. The second-order valence-electron chi connectivity index (χ2n) is 8.63. The lowest BCUT2D eigenvalue weighted by Crippen LogP contribution is -2.30. The lowest BCUT2D eigenvalue weighted by molar-refractivity contribution is -0.124. The Morgan fingerprint density at radius 3 is 2.28 bits per heavy atom. The van der Waals surface area contributed by atoms with Crippen LogP contribution in [-0.2, 0) is 11.3 Å². The van der Waals surface area contributed by atoms with Gasteiger partial charge in [0.25, 0.3) is 5.91 Å². The van der Waals surface area contributed by atoms with E-state index in [2.05, 4.69) is 29.7 Å². The molecule has 0 bridgehead atoms. The van der Waals surface area contributed by atoms with Gasteiger partial charge >= 0.3 is 0 Å². The summed E-state index contributed by atoms with van der Waals surface area (Å²) in [6.45, 7) is 2.75. The van der Waals surface area contributed by atoms with E-state index in [0.29, 0.717) is 23.9 Å². The first kappa shape index (κ1) is 19.7. The number of benzene rings is 2. The molecule has 0 aromatic heterocycles. The smallest absolute Gasteiger partial charge is 0.251 e. The van der Waals surface area contributed by atoms with E-state index >= 15 is 0 Å². The van der Waals surface area contributed by atoms with E-state index < -0.39 is 0 Å². The summed E-state index contributed by atoms with van der Waals surface area (Å²) in [4.78, 5) is 25.0. The van der Waals surface area contributed by atoms with Crippen molar-refractivity contribution in [3.05, 3.63) is 71.3 Å². The average molecular weight is 391 g/mol. The molecule has 2 N–H and O–H groups in total. The molecule has 3 unspecified atom stereocenters. The number of hydrogen-bond acceptors (Lipinski definition) is 2. The van der Waals surface area contributed by atoms with Crippen molar-refractivity contribution in [3.63, 3.8) is 0 Å². The minimum Gasteiger partial charge on any atom is -0.352 e. The topological polar surface area (TPSA) is 58.2 Å². The van der Waals surface area contributed by atoms with Crippen LogP contribution in [0.15, 0.2) is 54.6 Å². The Labute approximate surface area is 173 Å². The van der Waals surface area contributed by atoms with Crippen LogP contribution in [0.5, 0.6) is 0 Å². The number of rotatable bonds is 7. The molecule has 0 radical (unpaired) electrons. The van der Waals surface area contributed by atoms with Gasteiger partial charge in [0.05, 0.1) is 6.04 Å². The monoisotopic (exact) mass is 390 g/mol. The molecule has 2 aromatic carbocycles. The molecule has 0 spiro atoms. The third-order valence-corrected chi connectivity index (χ3v) is 6.45. The van der Waals surface area contributed by atoms with Gasteiger partial charge in [0.15, 0.2) is 0 Å². The van der Waals surface area contributed by atoms with Gasteiger partial charge in [-0.25, -0.2) is 0 Å². The molecule has 4 rings (SSSR count). The standard InChI is InChI=1S/C25H30N2O2/c1-17-15-22(17)23(19-7-3-2-4-8-19)27-25(29)21-13-11-18(12-14-21)16-26-24(28)20-9-5-6-10-20/h2-4,7-8,11-14,17,20,22-23H,5-6,9-10,15-16H2,1H3,(H,26,28)(H,27,29). The minimum absolute atomic E-state index is 0.0421. The highest BCUT2D eigenvalue weighted by Crippen LogP contribution is 2.47. The highest BCUT2D eigenvalue weighted by molar-refractivity contribution is 5.94. The molecule has 2 amide bonds. The summed E-state index contributed by atoms with van der Waals surface area (Å²) < 4.78 is 0. The van der Waals surface area contributed by atoms with Crippen LogP contribution in [0.2, 0.25) is 0 Å². The second kappa shape index (κ2) is 8.81. The van der Waals surface area contributed by atoms with Gasteiger partial charge in [-0.2, -0.15) is 0 Å². The van der Waals surface area contributed by atoms with Crippen molar-refractivity contribution >= 4 is 11.8 Å². The first-order valence-electron chi connectivity index (χ1n) is 10.8. The Kier molecular flexibility index (Phi) is 5.98. The number of nitrogens with one attached hydrogen (secondary N) is 2. The molecule has 0 heterocycles. The van der Waals surface area contributed by atoms with E-state index in [4.69, 9.17) is 0 Å². The predicted molar refractivity (Wildman–Crippen MR) is 114 cm³/mol. The van der Waals surface area contributed by atoms with E-state index in [0.717, 1.165) is 37.7 Å². The highest BCUT2D eigenvalue weighted by Gasteiger charge is 2.40. The van der Waals surface area contributed by atoms with Gasteiger partial charge in [0.1, 0.15) is 0 Å². The SMILES string of the molecule is CC1CC1C(NC(=O)c1ccc(CNC(=O)C2CCCC2)cc1)c1ccccc1. The normalized spacial score (nSPS) is 22.1. The molecule has 2 aliphatic carbocycles. The maximum Gasteiger partial charge on any atom is 0.251 e. The number of carbonyl (C=O) groups excluding carboxylic acids is 2. The van der Waals surface area contributed by atoms with E-state index in [1.165, 1.54) is 5.56 Å². The van der Waals surface area contributed by atoms with Crippen LogP contribution in [0.4, 0.5) is 0 Å². The van der Waals surface area contributed by atoms with Gasteiger partial charge < -0.3 is 10.6 Å². The largest absolute Gasteiger partial charge is 0.352 e. The summed E-state index contributed by atoms with van der Waals surface area (Å²) in [5.74, 6) is 1.45. The van der Waals surface area contributed by atoms with Gasteiger partial charge in [0.2, 0.25) is 5.91 Å². The Hall–Kier alpha value is -2.62. The van der Waals surface area contributed by atoms with Crippen molar-refractivity contribution in [2.75, 3.05) is 0 Å². The fourth-order valence-corrected chi connectivity index (χ4v) is 4.43. The zero-order chi connectivity index (χ0) is 20.2. The Bertz CT molecular complexity index is 841. The fraction of sp³-hybridized carbons (Fsp3) is 0.440. The zero-order valence-electron chi connectivity index (χ0n) is 17.1. The second-order valence-corrected chi connectivity index (χ2v) is 8.63. The van der Waals surface area contributed by atoms with E-state index in [1.807, 2.05) is 42.5 Å². The van der Waals surface area contributed by atoms with Crippen LogP contribution in [0, 0.1) is 17.8 Å². The summed E-state index contributed by atoms with van der Waals surface area (Å²) in [6, 6.07) is 17.9. The lowest BCUT2D eigenvalue weighted by Gasteiger charge is -2.19. The first-order valence-corrected chi connectivity index (χ1v) is 10.8. The Morgan fingerprint density at radius 2 is 1.66 bits per heavy atom. The molecule has 4 heteroatoms. The summed E-state index contributed by atoms with van der Waals surface area (Å²) >= 11 is 0. The van der Waals surface area contributed by atoms with Crippen LogP contribution in [0.1, 0.15) is 66.6 Å². The molecule has 2 saturated carbocycles. The van der Waals surface area contributed by atoms with Crippen LogP contribution in [-0.4, -0.2) is 11.8 Å². The van der Waals surface area contributed by atoms with E-state index in [9.17, 15) is 9.59 Å². The molecule has 3 atom stereocenters. The van der Waals surface area contributed by atoms with E-state index in [-0.39, 0.29) is 23.8 Å². The average Bonchev–Trinajstić information content (AvgIpc) is 3.23. The van der Waals surface area contributed by atoms with Gasteiger partial charge in [-0.3, -0.25) is 9.59 Å². The summed E-state index contributed by atoms with van der Waals surface area (Å²) in [5.41, 5.74) is 2.84. The van der Waals surface area contributed by atoms with Gasteiger partial charge in [0, 0.05) is 18.0 Å². The van der Waals surface area contributed by atoms with Crippen molar-refractivity contribution in [2.24, 2.45) is 17.8 Å². The van der Waals surface area contributed by atoms with Crippen molar-refractivity contribution < 1.29 is 9.59 Å². The molecule has 2 aliphatic rings. The number of hydrogen-bond donors (Lipinski definition) is 2. The Balaban J connectivity index is 1.35. The third-order valence-electron chi connectivity index (χ3n) is 6.45. The molecule has 0 saturated heterocycles. The maximum atomic E-state index is 12.8. The van der Waals surface area contributed by atoms with Crippen LogP contribution in [0.25, 0.3) is 0 Å². The minimum atomic E-state index is -0.0421. The van der Waals surface area contributed by atoms with Crippen molar-refractivity contribution in [3.8, 4) is 0 Å². The van der Waals surface area contributed by atoms with Gasteiger partial charge in [-0.15, -0.1) is 0 Å².